The first-order valence-corrected chi connectivity index (χ1v) is 9.37. The van der Waals surface area contributed by atoms with Crippen LogP contribution in [-0.4, -0.2) is 19.7 Å². The third-order valence-corrected chi connectivity index (χ3v) is 5.10. The molecule has 4 nitrogen and oxygen atoms in total. The molecule has 0 aliphatic rings. The smallest absolute Gasteiger partial charge is 0.191 e. The van der Waals surface area contributed by atoms with Crippen molar-refractivity contribution in [1.29, 1.82) is 0 Å². The van der Waals surface area contributed by atoms with Crippen molar-refractivity contribution in [1.82, 2.24) is 19.7 Å². The Kier molecular flexibility index (Phi) is 5.63. The van der Waals surface area contributed by atoms with E-state index in [-0.39, 0.29) is 5.82 Å². The van der Waals surface area contributed by atoms with Gasteiger partial charge >= 0.3 is 0 Å². The molecule has 0 spiro atoms. The molecule has 2 aromatic heterocycles. The predicted molar refractivity (Wildman–Crippen MR) is 97.2 cm³/mol. The second-order valence-corrected chi connectivity index (χ2v) is 7.03. The number of rotatable bonds is 6. The monoisotopic (exact) mass is 406 g/mol. The maximum Gasteiger partial charge on any atom is 0.191 e. The van der Waals surface area contributed by atoms with E-state index in [2.05, 4.69) is 42.6 Å². The molecule has 3 aromatic rings. The van der Waals surface area contributed by atoms with Crippen LogP contribution in [0, 0.1) is 5.82 Å². The highest BCUT2D eigenvalue weighted by Crippen LogP contribution is 2.27. The first-order chi connectivity index (χ1) is 11.7. The zero-order chi connectivity index (χ0) is 16.9. The molecule has 124 valence electrons. The summed E-state index contributed by atoms with van der Waals surface area (Å²) in [6, 6.07) is 8.92. The summed E-state index contributed by atoms with van der Waals surface area (Å²) in [7, 11) is 0. The van der Waals surface area contributed by atoms with Gasteiger partial charge in [0.25, 0.3) is 0 Å². The molecule has 0 radical (unpaired) electrons. The Balaban J connectivity index is 1.82. The van der Waals surface area contributed by atoms with Crippen molar-refractivity contribution >= 4 is 27.7 Å². The van der Waals surface area contributed by atoms with Gasteiger partial charge in [-0.3, -0.25) is 4.98 Å². The SMILES string of the molecule is CCCn1c(SCc2ccc(F)c(Br)c2)nnc1-c1ccncc1. The van der Waals surface area contributed by atoms with Crippen LogP contribution in [0.1, 0.15) is 18.9 Å². The van der Waals surface area contributed by atoms with E-state index >= 15 is 0 Å². The fourth-order valence-corrected chi connectivity index (χ4v) is 3.65. The second-order valence-electron chi connectivity index (χ2n) is 5.23. The Morgan fingerprint density at radius 1 is 1.17 bits per heavy atom. The maximum atomic E-state index is 13.3. The molecule has 0 unspecified atom stereocenters. The van der Waals surface area contributed by atoms with E-state index < -0.39 is 0 Å². The van der Waals surface area contributed by atoms with E-state index in [0.29, 0.717) is 10.2 Å². The summed E-state index contributed by atoms with van der Waals surface area (Å²) in [5.41, 5.74) is 2.03. The Morgan fingerprint density at radius 3 is 2.67 bits per heavy atom. The fourth-order valence-electron chi connectivity index (χ4n) is 2.31. The molecule has 3 rings (SSSR count). The molecule has 0 aliphatic heterocycles. The Morgan fingerprint density at radius 2 is 1.96 bits per heavy atom. The molecule has 1 aromatic carbocycles. The Labute approximate surface area is 152 Å². The molecule has 0 fully saturated rings. The van der Waals surface area contributed by atoms with E-state index in [9.17, 15) is 4.39 Å². The van der Waals surface area contributed by atoms with Gasteiger partial charge in [0.2, 0.25) is 0 Å². The van der Waals surface area contributed by atoms with Crippen molar-refractivity contribution < 1.29 is 4.39 Å². The van der Waals surface area contributed by atoms with Gasteiger partial charge in [-0.05, 0) is 52.2 Å². The zero-order valence-electron chi connectivity index (χ0n) is 13.1. The Hall–Kier alpha value is -1.73. The second kappa shape index (κ2) is 7.90. The predicted octanol–water partition coefficient (Wildman–Crippen LogP) is 4.94. The zero-order valence-corrected chi connectivity index (χ0v) is 15.5. The van der Waals surface area contributed by atoms with Crippen LogP contribution in [-0.2, 0) is 12.3 Å². The van der Waals surface area contributed by atoms with Crippen LogP contribution in [0.2, 0.25) is 0 Å². The van der Waals surface area contributed by atoms with Gasteiger partial charge < -0.3 is 4.57 Å². The quantitative estimate of drug-likeness (QED) is 0.543. The Bertz CT molecular complexity index is 823. The lowest BCUT2D eigenvalue weighted by Crippen LogP contribution is -2.02. The molecule has 24 heavy (non-hydrogen) atoms. The van der Waals surface area contributed by atoms with Crippen molar-refractivity contribution in [3.05, 3.63) is 58.6 Å². The number of halogens is 2. The average Bonchev–Trinajstić information content (AvgIpc) is 3.00. The molecule has 0 saturated carbocycles. The van der Waals surface area contributed by atoms with Crippen LogP contribution in [0.15, 0.2) is 52.4 Å². The van der Waals surface area contributed by atoms with Gasteiger partial charge in [-0.2, -0.15) is 0 Å². The van der Waals surface area contributed by atoms with Crippen LogP contribution < -0.4 is 0 Å². The van der Waals surface area contributed by atoms with E-state index in [0.717, 1.165) is 35.1 Å². The van der Waals surface area contributed by atoms with E-state index in [4.69, 9.17) is 0 Å². The van der Waals surface area contributed by atoms with Crippen LogP contribution >= 0.6 is 27.7 Å². The van der Waals surface area contributed by atoms with Gasteiger partial charge in [0.05, 0.1) is 4.47 Å². The van der Waals surface area contributed by atoms with Gasteiger partial charge in [0.15, 0.2) is 11.0 Å². The number of aromatic nitrogens is 4. The van der Waals surface area contributed by atoms with Gasteiger partial charge in [0, 0.05) is 30.3 Å². The maximum absolute atomic E-state index is 13.3. The molecule has 0 atom stereocenters. The summed E-state index contributed by atoms with van der Waals surface area (Å²) in [6.45, 7) is 2.97. The lowest BCUT2D eigenvalue weighted by molar-refractivity contribution is 0.620. The molecule has 0 N–H and O–H groups in total. The number of pyridine rings is 1. The summed E-state index contributed by atoms with van der Waals surface area (Å²) >= 11 is 4.82. The van der Waals surface area contributed by atoms with E-state index in [1.54, 1.807) is 36.3 Å². The molecule has 0 aliphatic carbocycles. The van der Waals surface area contributed by atoms with E-state index in [1.807, 2.05) is 12.1 Å². The molecule has 7 heteroatoms. The number of hydrogen-bond donors (Lipinski definition) is 0. The van der Waals surface area contributed by atoms with Crippen molar-refractivity contribution in [2.45, 2.75) is 30.8 Å². The fraction of sp³-hybridized carbons (Fsp3) is 0.235. The minimum Gasteiger partial charge on any atom is -0.302 e. The van der Waals surface area contributed by atoms with Crippen LogP contribution in [0.4, 0.5) is 4.39 Å². The first kappa shape index (κ1) is 17.1. The summed E-state index contributed by atoms with van der Waals surface area (Å²) in [4.78, 5) is 4.05. The molecular formula is C17H16BrFN4S. The molecule has 0 amide bonds. The van der Waals surface area contributed by atoms with Crippen molar-refractivity contribution in [2.75, 3.05) is 0 Å². The lowest BCUT2D eigenvalue weighted by Gasteiger charge is -2.09. The van der Waals surface area contributed by atoms with Crippen LogP contribution in [0.5, 0.6) is 0 Å². The number of nitrogens with zero attached hydrogens (tertiary/aromatic N) is 4. The molecule has 0 saturated heterocycles. The largest absolute Gasteiger partial charge is 0.302 e. The van der Waals surface area contributed by atoms with Crippen LogP contribution in [0.3, 0.4) is 0 Å². The molecule has 2 heterocycles. The highest BCUT2D eigenvalue weighted by atomic mass is 79.9. The standard InChI is InChI=1S/C17H16BrFN4S/c1-2-9-23-16(13-5-7-20-8-6-13)21-22-17(23)24-11-12-3-4-15(19)14(18)10-12/h3-8,10H,2,9,11H2,1H3. The minimum absolute atomic E-state index is 0.252. The van der Waals surface area contributed by atoms with Crippen LogP contribution in [0.25, 0.3) is 11.4 Å². The molecular weight excluding hydrogens is 391 g/mol. The average molecular weight is 407 g/mol. The number of hydrogen-bond acceptors (Lipinski definition) is 4. The van der Waals surface area contributed by atoms with Gasteiger partial charge in [-0.1, -0.05) is 24.8 Å². The third kappa shape index (κ3) is 3.84. The number of benzene rings is 1. The number of thioether (sulfide) groups is 1. The lowest BCUT2D eigenvalue weighted by atomic mass is 10.2. The molecule has 0 bridgehead atoms. The minimum atomic E-state index is -0.252. The summed E-state index contributed by atoms with van der Waals surface area (Å²) in [5.74, 6) is 1.30. The van der Waals surface area contributed by atoms with Crippen molar-refractivity contribution in [3.63, 3.8) is 0 Å². The van der Waals surface area contributed by atoms with Gasteiger partial charge in [-0.25, -0.2) is 4.39 Å². The highest BCUT2D eigenvalue weighted by molar-refractivity contribution is 9.10. The summed E-state index contributed by atoms with van der Waals surface area (Å²) in [5, 5.41) is 9.54. The summed E-state index contributed by atoms with van der Waals surface area (Å²) < 4.78 is 15.9. The van der Waals surface area contributed by atoms with Crippen molar-refractivity contribution in [3.8, 4) is 11.4 Å². The normalized spacial score (nSPS) is 11.0. The first-order valence-electron chi connectivity index (χ1n) is 7.59. The topological polar surface area (TPSA) is 43.6 Å². The van der Waals surface area contributed by atoms with E-state index in [1.165, 1.54) is 6.07 Å². The van der Waals surface area contributed by atoms with Crippen molar-refractivity contribution in [2.24, 2.45) is 0 Å². The van der Waals surface area contributed by atoms with Gasteiger partial charge in [0.1, 0.15) is 5.82 Å². The highest BCUT2D eigenvalue weighted by Gasteiger charge is 2.14. The van der Waals surface area contributed by atoms with Gasteiger partial charge in [-0.15, -0.1) is 10.2 Å². The summed E-state index contributed by atoms with van der Waals surface area (Å²) in [6.07, 6.45) is 4.50. The third-order valence-electron chi connectivity index (χ3n) is 3.45.